The molecule has 3 aromatic rings. The van der Waals surface area contributed by atoms with Gasteiger partial charge >= 0.3 is 0 Å². The summed E-state index contributed by atoms with van der Waals surface area (Å²) < 4.78 is 26.1. The third-order valence-electron chi connectivity index (χ3n) is 5.66. The van der Waals surface area contributed by atoms with Crippen molar-refractivity contribution in [2.75, 3.05) is 18.1 Å². The van der Waals surface area contributed by atoms with Crippen LogP contribution in [0.5, 0.6) is 0 Å². The number of carbonyl (C=O) groups is 1. The zero-order valence-corrected chi connectivity index (χ0v) is 20.7. The molecule has 3 rings (SSSR count). The number of benzene rings is 3. The average Bonchev–Trinajstić information content (AvgIpc) is 2.87. The molecule has 1 amide bonds. The molecule has 0 bridgehead atoms. The lowest BCUT2D eigenvalue weighted by molar-refractivity contribution is -0.119. The van der Waals surface area contributed by atoms with Crippen molar-refractivity contribution >= 4 is 27.5 Å². The van der Waals surface area contributed by atoms with Gasteiger partial charge in [-0.05, 0) is 47.4 Å². The van der Waals surface area contributed by atoms with Gasteiger partial charge in [0, 0.05) is 17.8 Å². The monoisotopic (exact) mass is 505 g/mol. The van der Waals surface area contributed by atoms with Gasteiger partial charge in [0.15, 0.2) is 5.84 Å². The molecule has 0 aliphatic heterocycles. The van der Waals surface area contributed by atoms with Crippen molar-refractivity contribution in [3.63, 3.8) is 0 Å². The Kier molecular flexibility index (Phi) is 8.42. The smallest absolute Gasteiger partial charge is 0.243 e. The Labute approximate surface area is 210 Å². The lowest BCUT2D eigenvalue weighted by atomic mass is 10.00. The highest BCUT2D eigenvalue weighted by molar-refractivity contribution is 7.88. The summed E-state index contributed by atoms with van der Waals surface area (Å²) in [4.78, 5) is 13.3. The maximum atomic E-state index is 13.3. The molecule has 36 heavy (non-hydrogen) atoms. The fraction of sp³-hybridized carbons (Fsp3) is 0.192. The molecule has 0 saturated carbocycles. The van der Waals surface area contributed by atoms with Crippen LogP contribution >= 0.6 is 0 Å². The van der Waals surface area contributed by atoms with E-state index in [0.717, 1.165) is 21.7 Å². The molecule has 0 aromatic heterocycles. The Bertz CT molecular complexity index is 1410. The predicted molar refractivity (Wildman–Crippen MR) is 139 cm³/mol. The van der Waals surface area contributed by atoms with Crippen LogP contribution in [-0.4, -0.2) is 48.5 Å². The van der Waals surface area contributed by atoms with Gasteiger partial charge in [0.25, 0.3) is 0 Å². The number of carbonyl (C=O) groups excluding carboxylic acids is 1. The average molecular weight is 506 g/mol. The summed E-state index contributed by atoms with van der Waals surface area (Å²) in [6, 6.07) is 22.0. The molecule has 1 atom stereocenters. The number of hydrogen-bond acceptors (Lipinski definition) is 6. The van der Waals surface area contributed by atoms with Gasteiger partial charge in [-0.15, -0.1) is 0 Å². The van der Waals surface area contributed by atoms with Gasteiger partial charge < -0.3 is 16.3 Å². The van der Waals surface area contributed by atoms with Crippen LogP contribution in [0.4, 0.5) is 5.69 Å². The summed E-state index contributed by atoms with van der Waals surface area (Å²) in [7, 11) is -3.70. The van der Waals surface area contributed by atoms with Gasteiger partial charge in [-0.3, -0.25) is 4.79 Å². The first-order valence-electron chi connectivity index (χ1n) is 11.1. The van der Waals surface area contributed by atoms with Gasteiger partial charge in [0.2, 0.25) is 15.9 Å². The summed E-state index contributed by atoms with van der Waals surface area (Å²) in [5, 5.41) is 24.1. The first-order chi connectivity index (χ1) is 17.2. The third-order valence-corrected chi connectivity index (χ3v) is 7.02. The van der Waals surface area contributed by atoms with E-state index in [1.165, 1.54) is 0 Å². The topological polar surface area (TPSA) is 149 Å². The van der Waals surface area contributed by atoms with Crippen LogP contribution in [0.15, 0.2) is 78.0 Å². The van der Waals surface area contributed by atoms with Crippen molar-refractivity contribution in [2.45, 2.75) is 19.4 Å². The van der Waals surface area contributed by atoms with Crippen molar-refractivity contribution in [1.82, 2.24) is 4.31 Å². The molecule has 186 valence electrons. The van der Waals surface area contributed by atoms with Gasteiger partial charge in [-0.25, -0.2) is 8.42 Å². The van der Waals surface area contributed by atoms with Crippen LogP contribution in [0.25, 0.3) is 11.1 Å². The lowest BCUT2D eigenvalue weighted by Gasteiger charge is -2.28. The zero-order valence-electron chi connectivity index (χ0n) is 19.9. The fourth-order valence-electron chi connectivity index (χ4n) is 3.94. The number of hydrogen-bond donors (Lipinski definition) is 3. The molecule has 0 spiro atoms. The van der Waals surface area contributed by atoms with E-state index in [1.807, 2.05) is 12.1 Å². The number of nitrogens with two attached hydrogens (primary N) is 1. The molecular weight excluding hydrogens is 478 g/mol. The summed E-state index contributed by atoms with van der Waals surface area (Å²) >= 11 is 0. The Morgan fingerprint density at radius 2 is 1.83 bits per heavy atom. The second-order valence-electron chi connectivity index (χ2n) is 8.10. The Morgan fingerprint density at radius 1 is 1.14 bits per heavy atom. The number of sulfonamides is 1. The molecule has 10 heteroatoms. The summed E-state index contributed by atoms with van der Waals surface area (Å²) in [6.07, 6.45) is 1.14. The molecule has 0 fully saturated rings. The first-order valence-corrected chi connectivity index (χ1v) is 13.0. The number of oxime groups is 1. The van der Waals surface area contributed by atoms with E-state index in [9.17, 15) is 18.5 Å². The Balaban J connectivity index is 1.89. The largest absolute Gasteiger partial charge is 0.409 e. The molecule has 0 heterocycles. The van der Waals surface area contributed by atoms with E-state index in [-0.39, 0.29) is 18.8 Å². The van der Waals surface area contributed by atoms with Gasteiger partial charge in [0.05, 0.1) is 17.9 Å². The maximum absolute atomic E-state index is 13.3. The Hall–Kier alpha value is -4.20. The lowest BCUT2D eigenvalue weighted by Crippen LogP contribution is -2.48. The maximum Gasteiger partial charge on any atom is 0.243 e. The second kappa shape index (κ2) is 11.5. The first kappa shape index (κ1) is 26.4. The molecule has 0 radical (unpaired) electrons. The third kappa shape index (κ3) is 6.27. The second-order valence-corrected chi connectivity index (χ2v) is 10.0. The minimum Gasteiger partial charge on any atom is -0.409 e. The molecule has 4 N–H and O–H groups in total. The van der Waals surface area contributed by atoms with Crippen LogP contribution in [-0.2, 0) is 21.2 Å². The quantitative estimate of drug-likeness (QED) is 0.176. The van der Waals surface area contributed by atoms with Crippen LogP contribution < -0.4 is 11.1 Å². The van der Waals surface area contributed by atoms with E-state index in [0.29, 0.717) is 22.4 Å². The number of rotatable bonds is 9. The van der Waals surface area contributed by atoms with Crippen LogP contribution in [0.1, 0.15) is 23.6 Å². The normalized spacial score (nSPS) is 12.7. The summed E-state index contributed by atoms with van der Waals surface area (Å²) in [6.45, 7) is 1.76. The number of anilines is 1. The highest BCUT2D eigenvalue weighted by atomic mass is 32.2. The molecule has 3 aromatic carbocycles. The number of nitriles is 1. The zero-order chi connectivity index (χ0) is 26.3. The molecule has 0 aliphatic carbocycles. The highest BCUT2D eigenvalue weighted by Crippen LogP contribution is 2.25. The fourth-order valence-corrected chi connectivity index (χ4v) is 5.04. The number of amidine groups is 1. The van der Waals surface area contributed by atoms with Crippen LogP contribution in [0.2, 0.25) is 0 Å². The minimum absolute atomic E-state index is 0.0763. The van der Waals surface area contributed by atoms with E-state index in [2.05, 4.69) is 16.5 Å². The minimum atomic E-state index is -3.70. The van der Waals surface area contributed by atoms with E-state index in [4.69, 9.17) is 10.9 Å². The number of likely N-dealkylation sites (N-methyl/N-ethyl adjacent to an activating group) is 1. The summed E-state index contributed by atoms with van der Waals surface area (Å²) in [5.74, 6) is -0.590. The standard InChI is InChI=1S/C26H27N5O4S/c1-3-31(36(2,34)35)24(16-18-7-6-9-20(15-18)25(28)30-33)26(32)29-22-13-11-19(12-14-22)23-10-5-4-8-21(23)17-27/h4-15,24,33H,3,16H2,1-2H3,(H2,28,30)(H,29,32). The molecular formula is C26H27N5O4S. The van der Waals surface area contributed by atoms with Crippen molar-refractivity contribution in [2.24, 2.45) is 10.9 Å². The van der Waals surface area contributed by atoms with Crippen molar-refractivity contribution in [1.29, 1.82) is 5.26 Å². The molecule has 9 nitrogen and oxygen atoms in total. The SMILES string of the molecule is CCN(C(Cc1cccc(/C(N)=N/O)c1)C(=O)Nc1ccc(-c2ccccc2C#N)cc1)S(C)(=O)=O. The van der Waals surface area contributed by atoms with Gasteiger partial charge in [0.1, 0.15) is 6.04 Å². The molecule has 1 unspecified atom stereocenters. The summed E-state index contributed by atoms with van der Waals surface area (Å²) in [5.41, 5.74) is 9.38. The highest BCUT2D eigenvalue weighted by Gasteiger charge is 2.31. The number of nitrogens with zero attached hydrogens (tertiary/aromatic N) is 3. The predicted octanol–water partition coefficient (Wildman–Crippen LogP) is 3.15. The number of amides is 1. The van der Waals surface area contributed by atoms with E-state index < -0.39 is 22.0 Å². The Morgan fingerprint density at radius 3 is 2.44 bits per heavy atom. The van der Waals surface area contributed by atoms with Crippen molar-refractivity contribution in [3.05, 3.63) is 89.5 Å². The van der Waals surface area contributed by atoms with E-state index >= 15 is 0 Å². The van der Waals surface area contributed by atoms with Crippen molar-refractivity contribution < 1.29 is 18.4 Å². The molecule has 0 saturated heterocycles. The van der Waals surface area contributed by atoms with Gasteiger partial charge in [-0.2, -0.15) is 9.57 Å². The van der Waals surface area contributed by atoms with Crippen molar-refractivity contribution in [3.8, 4) is 17.2 Å². The van der Waals surface area contributed by atoms with Crippen LogP contribution in [0.3, 0.4) is 0 Å². The number of nitrogens with one attached hydrogen (secondary N) is 1. The van der Waals surface area contributed by atoms with Gasteiger partial charge in [-0.1, -0.05) is 60.6 Å². The van der Waals surface area contributed by atoms with E-state index in [1.54, 1.807) is 67.6 Å². The molecule has 0 aliphatic rings. The van der Waals surface area contributed by atoms with Crippen LogP contribution in [0, 0.1) is 11.3 Å².